The summed E-state index contributed by atoms with van der Waals surface area (Å²) < 4.78 is 13.2. The normalized spacial score (nSPS) is 16.7. The predicted molar refractivity (Wildman–Crippen MR) is 102 cm³/mol. The molecule has 8 heteroatoms. The second kappa shape index (κ2) is 7.13. The molecule has 0 saturated carbocycles. The Morgan fingerprint density at radius 1 is 1.30 bits per heavy atom. The summed E-state index contributed by atoms with van der Waals surface area (Å²) in [6.07, 6.45) is 0.403. The maximum absolute atomic E-state index is 12.9. The van der Waals surface area contributed by atoms with Crippen molar-refractivity contribution in [3.8, 4) is 0 Å². The molecule has 3 heterocycles. The van der Waals surface area contributed by atoms with Crippen LogP contribution in [0, 0.1) is 0 Å². The summed E-state index contributed by atoms with van der Waals surface area (Å²) in [5.41, 5.74) is 0.0333. The second-order valence-electron chi connectivity index (χ2n) is 6.44. The van der Waals surface area contributed by atoms with Crippen molar-refractivity contribution in [3.05, 3.63) is 67.7 Å². The quantitative estimate of drug-likeness (QED) is 0.639. The molecule has 0 amide bonds. The average molecular weight is 386 g/mol. The minimum atomic E-state index is -0.492. The Morgan fingerprint density at radius 3 is 2.78 bits per heavy atom. The molecular formula is C19H18N2O5S. The van der Waals surface area contributed by atoms with Crippen LogP contribution in [0.15, 0.2) is 46.0 Å². The van der Waals surface area contributed by atoms with E-state index in [-0.39, 0.29) is 12.6 Å². The fourth-order valence-corrected chi connectivity index (χ4v) is 4.09. The summed E-state index contributed by atoms with van der Waals surface area (Å²) in [6, 6.07) is 10.8. The van der Waals surface area contributed by atoms with Crippen LogP contribution in [0.25, 0.3) is 10.2 Å². The Kier molecular flexibility index (Phi) is 4.67. The minimum absolute atomic E-state index is 0.178. The topological polar surface area (TPSA) is 79.5 Å². The maximum atomic E-state index is 12.9. The smallest absolute Gasteiger partial charge is 0.348 e. The van der Waals surface area contributed by atoms with Gasteiger partial charge in [-0.3, -0.25) is 13.9 Å². The first kappa shape index (κ1) is 17.7. The molecule has 1 aromatic carbocycles. The van der Waals surface area contributed by atoms with Gasteiger partial charge in [0.05, 0.1) is 25.1 Å². The minimum Gasteiger partial charge on any atom is -0.456 e. The number of fused-ring (bicyclic) bond motifs is 1. The lowest BCUT2D eigenvalue weighted by Gasteiger charge is -2.08. The Balaban J connectivity index is 1.73. The lowest BCUT2D eigenvalue weighted by molar-refractivity contribution is 0.0276. The molecule has 0 N–H and O–H groups in total. The molecule has 0 spiro atoms. The van der Waals surface area contributed by atoms with Crippen LogP contribution in [0.4, 0.5) is 0 Å². The number of hydrogen-bond acceptors (Lipinski definition) is 6. The Labute approximate surface area is 158 Å². The number of nitrogens with zero attached hydrogens (tertiary/aromatic N) is 2. The van der Waals surface area contributed by atoms with E-state index in [0.717, 1.165) is 16.9 Å². The number of rotatable bonds is 4. The number of carbonyl (C=O) groups excluding carboxylic acids is 1. The molecule has 1 atom stereocenters. The molecule has 7 nitrogen and oxygen atoms in total. The van der Waals surface area contributed by atoms with Crippen molar-refractivity contribution in [2.24, 2.45) is 7.05 Å². The first-order valence-electron chi connectivity index (χ1n) is 8.60. The SMILES string of the molecule is Cn1c(=O)n(Cc2ccccc2)c(=O)c2cc(C(=O)O[C@H]3CCOC3)sc21. The fourth-order valence-electron chi connectivity index (χ4n) is 3.11. The molecule has 27 heavy (non-hydrogen) atoms. The van der Waals surface area contributed by atoms with Crippen molar-refractivity contribution in [2.45, 2.75) is 19.1 Å². The third-order valence-corrected chi connectivity index (χ3v) is 5.75. The number of esters is 1. The molecule has 140 valence electrons. The number of aryl methyl sites for hydroxylation is 1. The van der Waals surface area contributed by atoms with Crippen LogP contribution in [0.2, 0.25) is 0 Å². The van der Waals surface area contributed by atoms with Crippen molar-refractivity contribution in [1.82, 2.24) is 9.13 Å². The third kappa shape index (κ3) is 3.33. The van der Waals surface area contributed by atoms with Crippen molar-refractivity contribution in [1.29, 1.82) is 0 Å². The maximum Gasteiger partial charge on any atom is 0.348 e. The molecule has 0 unspecified atom stereocenters. The number of benzene rings is 1. The average Bonchev–Trinajstić information content (AvgIpc) is 3.34. The van der Waals surface area contributed by atoms with E-state index >= 15 is 0 Å². The van der Waals surface area contributed by atoms with E-state index in [1.807, 2.05) is 30.3 Å². The highest BCUT2D eigenvalue weighted by Gasteiger charge is 2.23. The van der Waals surface area contributed by atoms with E-state index in [4.69, 9.17) is 9.47 Å². The number of aromatic nitrogens is 2. The van der Waals surface area contributed by atoms with Crippen molar-refractivity contribution < 1.29 is 14.3 Å². The molecule has 2 aromatic heterocycles. The van der Waals surface area contributed by atoms with E-state index in [2.05, 4.69) is 0 Å². The molecule has 1 saturated heterocycles. The van der Waals surface area contributed by atoms with Gasteiger partial charge in [0.15, 0.2) is 0 Å². The number of hydrogen-bond donors (Lipinski definition) is 0. The van der Waals surface area contributed by atoms with E-state index in [1.54, 1.807) is 7.05 Å². The van der Waals surface area contributed by atoms with Crippen LogP contribution in [-0.4, -0.2) is 34.4 Å². The van der Waals surface area contributed by atoms with Gasteiger partial charge < -0.3 is 9.47 Å². The lowest BCUT2D eigenvalue weighted by atomic mass is 10.2. The van der Waals surface area contributed by atoms with E-state index in [9.17, 15) is 14.4 Å². The Bertz CT molecular complexity index is 1110. The zero-order valence-corrected chi connectivity index (χ0v) is 15.5. The van der Waals surface area contributed by atoms with E-state index in [1.165, 1.54) is 15.2 Å². The molecule has 1 aliphatic heterocycles. The van der Waals surface area contributed by atoms with Crippen molar-refractivity contribution in [3.63, 3.8) is 0 Å². The van der Waals surface area contributed by atoms with Crippen LogP contribution < -0.4 is 11.2 Å². The lowest BCUT2D eigenvalue weighted by Crippen LogP contribution is -2.38. The number of carbonyl (C=O) groups is 1. The standard InChI is InChI=1S/C19H18N2O5S/c1-20-17-14(9-15(27-17)18(23)26-13-7-8-25-11-13)16(22)21(19(20)24)10-12-5-3-2-4-6-12/h2-6,9,13H,7-8,10-11H2,1H3/t13-/m0/s1. The Morgan fingerprint density at radius 2 is 2.07 bits per heavy atom. The summed E-state index contributed by atoms with van der Waals surface area (Å²) in [7, 11) is 1.60. The molecule has 0 radical (unpaired) electrons. The summed E-state index contributed by atoms with van der Waals surface area (Å²) in [6.45, 7) is 1.14. The molecule has 1 fully saturated rings. The highest BCUT2D eigenvalue weighted by Crippen LogP contribution is 2.23. The molecule has 0 aliphatic carbocycles. The van der Waals surface area contributed by atoms with Gasteiger partial charge in [-0.1, -0.05) is 30.3 Å². The van der Waals surface area contributed by atoms with E-state index < -0.39 is 17.2 Å². The monoisotopic (exact) mass is 386 g/mol. The Hall–Kier alpha value is -2.71. The first-order valence-corrected chi connectivity index (χ1v) is 9.42. The van der Waals surface area contributed by atoms with Gasteiger partial charge in [-0.05, 0) is 11.6 Å². The zero-order chi connectivity index (χ0) is 19.0. The van der Waals surface area contributed by atoms with Crippen molar-refractivity contribution >= 4 is 27.5 Å². The van der Waals surface area contributed by atoms with E-state index in [0.29, 0.717) is 34.7 Å². The van der Waals surface area contributed by atoms with Crippen LogP contribution in [-0.2, 0) is 23.1 Å². The van der Waals surface area contributed by atoms with Gasteiger partial charge in [0.25, 0.3) is 5.56 Å². The predicted octanol–water partition coefficient (Wildman–Crippen LogP) is 1.76. The molecule has 3 aromatic rings. The highest BCUT2D eigenvalue weighted by atomic mass is 32.1. The van der Waals surface area contributed by atoms with Crippen LogP contribution in [0.5, 0.6) is 0 Å². The molecule has 1 aliphatic rings. The van der Waals surface area contributed by atoms with Gasteiger partial charge in [0, 0.05) is 13.5 Å². The number of thiophene rings is 1. The van der Waals surface area contributed by atoms with Gasteiger partial charge in [0.2, 0.25) is 0 Å². The molecule has 0 bridgehead atoms. The first-order chi connectivity index (χ1) is 13.0. The van der Waals surface area contributed by atoms with Crippen LogP contribution in [0.1, 0.15) is 21.7 Å². The van der Waals surface area contributed by atoms with Gasteiger partial charge in [-0.2, -0.15) is 0 Å². The van der Waals surface area contributed by atoms with Gasteiger partial charge >= 0.3 is 11.7 Å². The summed E-state index contributed by atoms with van der Waals surface area (Å²) in [5.74, 6) is -0.492. The van der Waals surface area contributed by atoms with Gasteiger partial charge in [-0.25, -0.2) is 9.59 Å². The zero-order valence-electron chi connectivity index (χ0n) is 14.7. The summed E-state index contributed by atoms with van der Waals surface area (Å²) in [5, 5.41) is 0.340. The van der Waals surface area contributed by atoms with Crippen LogP contribution >= 0.6 is 11.3 Å². The summed E-state index contributed by atoms with van der Waals surface area (Å²) in [4.78, 5) is 38.7. The molecule has 4 rings (SSSR count). The van der Waals surface area contributed by atoms with Crippen LogP contribution in [0.3, 0.4) is 0 Å². The highest BCUT2D eigenvalue weighted by molar-refractivity contribution is 7.20. The van der Waals surface area contributed by atoms with Crippen molar-refractivity contribution in [2.75, 3.05) is 13.2 Å². The third-order valence-electron chi connectivity index (χ3n) is 4.56. The second-order valence-corrected chi connectivity index (χ2v) is 7.47. The van der Waals surface area contributed by atoms with Gasteiger partial charge in [-0.15, -0.1) is 11.3 Å². The number of ether oxygens (including phenoxy) is 2. The summed E-state index contributed by atoms with van der Waals surface area (Å²) >= 11 is 1.09. The molecular weight excluding hydrogens is 368 g/mol. The van der Waals surface area contributed by atoms with Gasteiger partial charge in [0.1, 0.15) is 15.8 Å². The largest absolute Gasteiger partial charge is 0.456 e. The fraction of sp³-hybridized carbons (Fsp3) is 0.316.